The number of nitrogens with zero attached hydrogens (tertiary/aromatic N) is 5. The average molecular weight is 349 g/mol. The van der Waals surface area contributed by atoms with Gasteiger partial charge in [-0.1, -0.05) is 11.6 Å². The molecule has 25 heavy (non-hydrogen) atoms. The van der Waals surface area contributed by atoms with Crippen molar-refractivity contribution in [3.8, 4) is 22.3 Å². The fraction of sp³-hybridized carbons (Fsp3) is 0.0556. The summed E-state index contributed by atoms with van der Waals surface area (Å²) in [5, 5.41) is 10.2. The Bertz CT molecular complexity index is 1230. The lowest BCUT2D eigenvalue weighted by molar-refractivity contribution is 0.768. The van der Waals surface area contributed by atoms with Crippen LogP contribution in [0, 0.1) is 0 Å². The Kier molecular flexibility index (Phi) is 2.96. The third-order valence-corrected chi connectivity index (χ3v) is 4.56. The van der Waals surface area contributed by atoms with E-state index in [0.29, 0.717) is 5.15 Å². The fourth-order valence-electron chi connectivity index (χ4n) is 3.15. The van der Waals surface area contributed by atoms with Gasteiger partial charge in [-0.3, -0.25) is 4.68 Å². The summed E-state index contributed by atoms with van der Waals surface area (Å²) in [6.07, 6.45) is 9.63. The summed E-state index contributed by atoms with van der Waals surface area (Å²) >= 11 is 5.98. The SMILES string of the molecule is Cn1cc(-c2cnn3ccc(-c4c[nH]c5nc(Cl)ccc45)cc23)cn1. The summed E-state index contributed by atoms with van der Waals surface area (Å²) in [6.45, 7) is 0. The molecule has 122 valence electrons. The predicted octanol–water partition coefficient (Wildman–Crippen LogP) is 3.93. The number of rotatable bonds is 2. The van der Waals surface area contributed by atoms with Crippen LogP contribution in [0.15, 0.2) is 55.2 Å². The second-order valence-electron chi connectivity index (χ2n) is 5.94. The zero-order valence-corrected chi connectivity index (χ0v) is 14.1. The van der Waals surface area contributed by atoms with Crippen LogP contribution in [0.25, 0.3) is 38.8 Å². The maximum atomic E-state index is 5.98. The highest BCUT2D eigenvalue weighted by molar-refractivity contribution is 6.29. The zero-order valence-electron chi connectivity index (χ0n) is 13.3. The first kappa shape index (κ1) is 14.2. The van der Waals surface area contributed by atoms with E-state index in [9.17, 15) is 0 Å². The van der Waals surface area contributed by atoms with Crippen molar-refractivity contribution in [2.45, 2.75) is 0 Å². The van der Waals surface area contributed by atoms with Gasteiger partial charge in [0.05, 0.1) is 17.9 Å². The Balaban J connectivity index is 1.71. The largest absolute Gasteiger partial charge is 0.345 e. The minimum Gasteiger partial charge on any atom is -0.345 e. The van der Waals surface area contributed by atoms with E-state index in [4.69, 9.17) is 11.6 Å². The van der Waals surface area contributed by atoms with Crippen LogP contribution in [0.5, 0.6) is 0 Å². The molecule has 0 amide bonds. The molecule has 0 atom stereocenters. The second-order valence-corrected chi connectivity index (χ2v) is 6.33. The van der Waals surface area contributed by atoms with E-state index in [-0.39, 0.29) is 0 Å². The molecule has 0 aromatic carbocycles. The van der Waals surface area contributed by atoms with Crippen LogP contribution in [0.4, 0.5) is 0 Å². The molecule has 0 saturated carbocycles. The number of hydrogen-bond acceptors (Lipinski definition) is 3. The Morgan fingerprint density at radius 1 is 1.04 bits per heavy atom. The molecule has 5 aromatic rings. The quantitative estimate of drug-likeness (QED) is 0.491. The van der Waals surface area contributed by atoms with E-state index in [2.05, 4.69) is 26.2 Å². The highest BCUT2D eigenvalue weighted by Gasteiger charge is 2.12. The van der Waals surface area contributed by atoms with Gasteiger partial charge < -0.3 is 4.98 Å². The van der Waals surface area contributed by atoms with Gasteiger partial charge in [-0.15, -0.1) is 0 Å². The number of fused-ring (bicyclic) bond motifs is 2. The molecular formula is C18H13ClN6. The monoisotopic (exact) mass is 348 g/mol. The normalized spacial score (nSPS) is 11.6. The van der Waals surface area contributed by atoms with Gasteiger partial charge in [0.1, 0.15) is 10.8 Å². The van der Waals surface area contributed by atoms with Crippen LogP contribution >= 0.6 is 11.6 Å². The molecule has 0 spiro atoms. The van der Waals surface area contributed by atoms with Crippen LogP contribution in [0.1, 0.15) is 0 Å². The molecule has 1 N–H and O–H groups in total. The minimum absolute atomic E-state index is 0.478. The molecule has 5 heterocycles. The molecule has 0 aliphatic carbocycles. The van der Waals surface area contributed by atoms with Crippen molar-refractivity contribution in [3.05, 3.63) is 60.4 Å². The molecule has 0 aliphatic rings. The average Bonchev–Trinajstić information content (AvgIpc) is 3.31. The van der Waals surface area contributed by atoms with Gasteiger partial charge in [-0.2, -0.15) is 10.2 Å². The summed E-state index contributed by atoms with van der Waals surface area (Å²) in [5.74, 6) is 0. The van der Waals surface area contributed by atoms with Crippen molar-refractivity contribution in [2.24, 2.45) is 7.05 Å². The molecule has 0 unspecified atom stereocenters. The Labute approximate surface area is 147 Å². The van der Waals surface area contributed by atoms with Gasteiger partial charge in [0, 0.05) is 47.7 Å². The number of nitrogens with one attached hydrogen (secondary N) is 1. The first-order valence-electron chi connectivity index (χ1n) is 7.79. The highest BCUT2D eigenvalue weighted by Crippen LogP contribution is 2.32. The molecule has 0 saturated heterocycles. The molecule has 5 aromatic heterocycles. The third kappa shape index (κ3) is 2.22. The first-order chi connectivity index (χ1) is 12.2. The lowest BCUT2D eigenvalue weighted by Crippen LogP contribution is -1.87. The lowest BCUT2D eigenvalue weighted by atomic mass is 10.0. The second kappa shape index (κ2) is 5.19. The van der Waals surface area contributed by atoms with Crippen molar-refractivity contribution < 1.29 is 0 Å². The number of aromatic amines is 1. The molecular weight excluding hydrogens is 336 g/mol. The van der Waals surface area contributed by atoms with Crippen LogP contribution in [-0.4, -0.2) is 29.4 Å². The molecule has 5 rings (SSSR count). The number of aryl methyl sites for hydroxylation is 1. The van der Waals surface area contributed by atoms with Gasteiger partial charge in [-0.05, 0) is 29.8 Å². The van der Waals surface area contributed by atoms with Crippen molar-refractivity contribution in [1.29, 1.82) is 0 Å². The zero-order chi connectivity index (χ0) is 17.0. The summed E-state index contributed by atoms with van der Waals surface area (Å²) in [6, 6.07) is 7.97. The number of halogens is 1. The van der Waals surface area contributed by atoms with Crippen molar-refractivity contribution >= 4 is 28.2 Å². The lowest BCUT2D eigenvalue weighted by Gasteiger charge is -2.02. The fourth-order valence-corrected chi connectivity index (χ4v) is 3.30. The maximum absolute atomic E-state index is 5.98. The number of hydrogen-bond donors (Lipinski definition) is 1. The smallest absolute Gasteiger partial charge is 0.139 e. The Hall–Kier alpha value is -3.12. The molecule has 0 bridgehead atoms. The highest BCUT2D eigenvalue weighted by atomic mass is 35.5. The van der Waals surface area contributed by atoms with Gasteiger partial charge in [-0.25, -0.2) is 9.50 Å². The Morgan fingerprint density at radius 3 is 2.80 bits per heavy atom. The molecule has 6 nitrogen and oxygen atoms in total. The van der Waals surface area contributed by atoms with Gasteiger partial charge >= 0.3 is 0 Å². The number of H-pyrrole nitrogens is 1. The summed E-state index contributed by atoms with van der Waals surface area (Å²) in [7, 11) is 1.91. The van der Waals surface area contributed by atoms with E-state index >= 15 is 0 Å². The minimum atomic E-state index is 0.478. The Morgan fingerprint density at radius 2 is 1.96 bits per heavy atom. The van der Waals surface area contributed by atoms with Gasteiger partial charge in [0.15, 0.2) is 0 Å². The van der Waals surface area contributed by atoms with E-state index in [0.717, 1.165) is 38.8 Å². The van der Waals surface area contributed by atoms with Crippen molar-refractivity contribution in [1.82, 2.24) is 29.4 Å². The molecule has 0 aliphatic heterocycles. The van der Waals surface area contributed by atoms with Crippen molar-refractivity contribution in [3.63, 3.8) is 0 Å². The van der Waals surface area contributed by atoms with E-state index < -0.39 is 0 Å². The number of pyridine rings is 2. The van der Waals surface area contributed by atoms with Crippen LogP contribution in [0.3, 0.4) is 0 Å². The summed E-state index contributed by atoms with van der Waals surface area (Å²) in [5.41, 5.74) is 6.08. The third-order valence-electron chi connectivity index (χ3n) is 4.35. The summed E-state index contributed by atoms with van der Waals surface area (Å²) in [4.78, 5) is 7.51. The van der Waals surface area contributed by atoms with Crippen LogP contribution in [0.2, 0.25) is 5.15 Å². The number of aromatic nitrogens is 6. The molecule has 7 heteroatoms. The van der Waals surface area contributed by atoms with Gasteiger partial charge in [0.25, 0.3) is 0 Å². The van der Waals surface area contributed by atoms with Gasteiger partial charge in [0.2, 0.25) is 0 Å². The first-order valence-corrected chi connectivity index (χ1v) is 8.17. The van der Waals surface area contributed by atoms with E-state index in [1.807, 2.05) is 54.7 Å². The standard InChI is InChI=1S/C18H13ClN6/c1-24-10-12(7-21-24)15-9-22-25-5-4-11(6-16(15)25)14-8-20-18-13(14)2-3-17(19)23-18/h2-10H,1H3,(H,20,23). The topological polar surface area (TPSA) is 63.8 Å². The predicted molar refractivity (Wildman–Crippen MR) is 97.5 cm³/mol. The van der Waals surface area contributed by atoms with Crippen molar-refractivity contribution in [2.75, 3.05) is 0 Å². The van der Waals surface area contributed by atoms with E-state index in [1.165, 1.54) is 0 Å². The maximum Gasteiger partial charge on any atom is 0.139 e. The summed E-state index contributed by atoms with van der Waals surface area (Å²) < 4.78 is 3.66. The molecule has 0 radical (unpaired) electrons. The van der Waals surface area contributed by atoms with E-state index in [1.54, 1.807) is 10.7 Å². The van der Waals surface area contributed by atoms with Crippen LogP contribution < -0.4 is 0 Å². The molecule has 0 fully saturated rings. The van der Waals surface area contributed by atoms with Crippen LogP contribution in [-0.2, 0) is 7.05 Å².